The topological polar surface area (TPSA) is 83.7 Å². The number of nitro benzene ring substituents is 1. The van der Waals surface area contributed by atoms with Gasteiger partial charge < -0.3 is 10.0 Å². The van der Waals surface area contributed by atoms with Crippen LogP contribution >= 0.6 is 0 Å². The highest BCUT2D eigenvalue weighted by molar-refractivity contribution is 5.66. The zero-order valence-electron chi connectivity index (χ0n) is 11.5. The molecule has 1 N–H and O–H groups in total. The minimum absolute atomic E-state index is 0.0871. The van der Waals surface area contributed by atoms with Gasteiger partial charge in [-0.1, -0.05) is 6.07 Å². The maximum absolute atomic E-state index is 13.7. The molecule has 1 aromatic rings. The molecule has 1 saturated heterocycles. The van der Waals surface area contributed by atoms with Crippen LogP contribution in [0.4, 0.5) is 15.8 Å². The minimum atomic E-state index is -0.844. The molecular formula is C14H17FN2O4. The Hall–Kier alpha value is -2.18. The molecule has 0 aliphatic carbocycles. The Morgan fingerprint density at radius 1 is 1.52 bits per heavy atom. The van der Waals surface area contributed by atoms with Gasteiger partial charge in [-0.05, 0) is 37.3 Å². The number of rotatable bonds is 5. The van der Waals surface area contributed by atoms with E-state index < -0.39 is 22.4 Å². The van der Waals surface area contributed by atoms with Gasteiger partial charge in [-0.3, -0.25) is 14.9 Å². The van der Waals surface area contributed by atoms with Crippen molar-refractivity contribution in [1.82, 2.24) is 0 Å². The van der Waals surface area contributed by atoms with Gasteiger partial charge in [0, 0.05) is 19.5 Å². The maximum atomic E-state index is 13.7. The van der Waals surface area contributed by atoms with Crippen molar-refractivity contribution in [3.8, 4) is 0 Å². The second-order valence-electron chi connectivity index (χ2n) is 5.25. The molecule has 114 valence electrons. The Morgan fingerprint density at radius 2 is 2.29 bits per heavy atom. The van der Waals surface area contributed by atoms with Crippen molar-refractivity contribution >= 4 is 17.3 Å². The van der Waals surface area contributed by atoms with Crippen LogP contribution in [0.2, 0.25) is 0 Å². The molecule has 1 aliphatic heterocycles. The van der Waals surface area contributed by atoms with Gasteiger partial charge in [0.1, 0.15) is 5.69 Å². The highest BCUT2D eigenvalue weighted by Gasteiger charge is 2.28. The molecule has 1 aliphatic rings. The number of piperidine rings is 1. The smallest absolute Gasteiger partial charge is 0.327 e. The quantitative estimate of drug-likeness (QED) is 0.667. The summed E-state index contributed by atoms with van der Waals surface area (Å²) in [5.41, 5.74) is -0.226. The van der Waals surface area contributed by atoms with E-state index in [1.165, 1.54) is 6.07 Å². The first-order chi connectivity index (χ1) is 9.99. The lowest BCUT2D eigenvalue weighted by molar-refractivity contribution is -0.386. The predicted molar refractivity (Wildman–Crippen MR) is 74.9 cm³/mol. The highest BCUT2D eigenvalue weighted by atomic mass is 19.1. The number of benzene rings is 1. The summed E-state index contributed by atoms with van der Waals surface area (Å²) in [6, 6.07) is 4.08. The fourth-order valence-corrected chi connectivity index (χ4v) is 2.79. The molecule has 0 spiro atoms. The molecule has 0 amide bonds. The number of halogens is 1. The zero-order chi connectivity index (χ0) is 15.4. The summed E-state index contributed by atoms with van der Waals surface area (Å²) in [5, 5.41) is 19.8. The first-order valence-corrected chi connectivity index (χ1v) is 6.88. The summed E-state index contributed by atoms with van der Waals surface area (Å²) in [7, 11) is 0. The predicted octanol–water partition coefficient (Wildman–Crippen LogP) is 2.82. The number of carboxylic acids is 1. The number of anilines is 1. The van der Waals surface area contributed by atoms with E-state index in [4.69, 9.17) is 5.11 Å². The molecule has 0 saturated carbocycles. The van der Waals surface area contributed by atoms with Crippen LogP contribution in [0.25, 0.3) is 0 Å². The summed E-state index contributed by atoms with van der Waals surface area (Å²) < 4.78 is 13.7. The van der Waals surface area contributed by atoms with E-state index in [1.807, 2.05) is 0 Å². The van der Waals surface area contributed by atoms with Gasteiger partial charge in [-0.2, -0.15) is 4.39 Å². The molecule has 6 nitrogen and oxygen atoms in total. The maximum Gasteiger partial charge on any atom is 0.327 e. The van der Waals surface area contributed by atoms with Gasteiger partial charge in [-0.15, -0.1) is 0 Å². The van der Waals surface area contributed by atoms with Gasteiger partial charge in [0.05, 0.1) is 4.92 Å². The van der Waals surface area contributed by atoms with Crippen molar-refractivity contribution in [1.29, 1.82) is 0 Å². The third-order valence-corrected chi connectivity index (χ3v) is 3.77. The summed E-state index contributed by atoms with van der Waals surface area (Å²) in [4.78, 5) is 22.8. The molecule has 1 unspecified atom stereocenters. The number of hydrogen-bond donors (Lipinski definition) is 1. The Morgan fingerprint density at radius 3 is 2.95 bits per heavy atom. The van der Waals surface area contributed by atoms with Crippen LogP contribution in [-0.2, 0) is 4.79 Å². The standard InChI is InChI=1S/C14H17FN2O4/c15-11-4-1-5-12(14(11)17(20)21)16-8-2-3-10(9-16)6-7-13(18)19/h1,4-5,10H,2-3,6-9H2,(H,18,19). The van der Waals surface area contributed by atoms with Crippen molar-refractivity contribution in [3.05, 3.63) is 34.1 Å². The molecule has 1 heterocycles. The number of para-hydroxylation sites is 1. The Balaban J connectivity index is 2.16. The van der Waals surface area contributed by atoms with Crippen LogP contribution in [0.3, 0.4) is 0 Å². The number of hydrogen-bond acceptors (Lipinski definition) is 4. The van der Waals surface area contributed by atoms with E-state index in [2.05, 4.69) is 0 Å². The minimum Gasteiger partial charge on any atom is -0.481 e. The fraction of sp³-hybridized carbons (Fsp3) is 0.500. The van der Waals surface area contributed by atoms with E-state index in [0.717, 1.165) is 18.9 Å². The molecule has 0 aromatic heterocycles. The number of nitro groups is 1. The summed E-state index contributed by atoms with van der Waals surface area (Å²) in [6.45, 7) is 1.14. The van der Waals surface area contributed by atoms with Crippen molar-refractivity contribution in [2.24, 2.45) is 5.92 Å². The Bertz CT molecular complexity index is 550. The van der Waals surface area contributed by atoms with Crippen LogP contribution in [0.1, 0.15) is 25.7 Å². The van der Waals surface area contributed by atoms with E-state index in [-0.39, 0.29) is 18.0 Å². The molecular weight excluding hydrogens is 279 g/mol. The molecule has 0 bridgehead atoms. The van der Waals surface area contributed by atoms with E-state index >= 15 is 0 Å². The van der Waals surface area contributed by atoms with Crippen LogP contribution < -0.4 is 4.90 Å². The molecule has 21 heavy (non-hydrogen) atoms. The number of aliphatic carboxylic acids is 1. The van der Waals surface area contributed by atoms with Gasteiger partial charge in [0.15, 0.2) is 0 Å². The fourth-order valence-electron chi connectivity index (χ4n) is 2.79. The molecule has 1 fully saturated rings. The van der Waals surface area contributed by atoms with Crippen LogP contribution in [0.15, 0.2) is 18.2 Å². The largest absolute Gasteiger partial charge is 0.481 e. The molecule has 2 rings (SSSR count). The monoisotopic (exact) mass is 296 g/mol. The summed E-state index contributed by atoms with van der Waals surface area (Å²) >= 11 is 0. The Labute approximate surface area is 121 Å². The van der Waals surface area contributed by atoms with Gasteiger partial charge >= 0.3 is 11.7 Å². The number of carbonyl (C=O) groups is 1. The van der Waals surface area contributed by atoms with Crippen molar-refractivity contribution in [2.75, 3.05) is 18.0 Å². The summed E-state index contributed by atoms with van der Waals surface area (Å²) in [5.74, 6) is -1.52. The van der Waals surface area contributed by atoms with Gasteiger partial charge in [-0.25, -0.2) is 0 Å². The van der Waals surface area contributed by atoms with Crippen molar-refractivity contribution in [2.45, 2.75) is 25.7 Å². The zero-order valence-corrected chi connectivity index (χ0v) is 11.5. The van der Waals surface area contributed by atoms with Gasteiger partial charge in [0.25, 0.3) is 0 Å². The average Bonchev–Trinajstić information content (AvgIpc) is 2.44. The lowest BCUT2D eigenvalue weighted by Crippen LogP contribution is -2.36. The number of carboxylic acid groups (broad SMARTS) is 1. The van der Waals surface area contributed by atoms with E-state index in [9.17, 15) is 19.3 Å². The first-order valence-electron chi connectivity index (χ1n) is 6.88. The molecule has 0 radical (unpaired) electrons. The second kappa shape index (κ2) is 6.51. The normalized spacial score (nSPS) is 18.5. The third-order valence-electron chi connectivity index (χ3n) is 3.77. The molecule has 1 aromatic carbocycles. The van der Waals surface area contributed by atoms with Crippen LogP contribution in [0.5, 0.6) is 0 Å². The number of nitrogens with zero attached hydrogens (tertiary/aromatic N) is 2. The Kier molecular flexibility index (Phi) is 4.72. The highest BCUT2D eigenvalue weighted by Crippen LogP contribution is 2.34. The first kappa shape index (κ1) is 15.2. The SMILES string of the molecule is O=C(O)CCC1CCCN(c2cccc(F)c2[N+](=O)[O-])C1. The molecule has 1 atom stereocenters. The van der Waals surface area contributed by atoms with Crippen molar-refractivity contribution < 1.29 is 19.2 Å². The summed E-state index contributed by atoms with van der Waals surface area (Å²) in [6.07, 6.45) is 2.34. The third kappa shape index (κ3) is 3.68. The van der Waals surface area contributed by atoms with E-state index in [0.29, 0.717) is 19.5 Å². The van der Waals surface area contributed by atoms with Crippen LogP contribution in [-0.4, -0.2) is 29.1 Å². The second-order valence-corrected chi connectivity index (χ2v) is 5.25. The lowest BCUT2D eigenvalue weighted by Gasteiger charge is -2.34. The average molecular weight is 296 g/mol. The van der Waals surface area contributed by atoms with Crippen LogP contribution in [0, 0.1) is 21.8 Å². The van der Waals surface area contributed by atoms with Crippen molar-refractivity contribution in [3.63, 3.8) is 0 Å². The molecule has 7 heteroatoms. The van der Waals surface area contributed by atoms with E-state index in [1.54, 1.807) is 11.0 Å². The lowest BCUT2D eigenvalue weighted by atomic mass is 9.93. The van der Waals surface area contributed by atoms with Gasteiger partial charge in [0.2, 0.25) is 5.82 Å².